The second kappa shape index (κ2) is 9.62. The molecule has 0 spiro atoms. The molecule has 0 aromatic heterocycles. The summed E-state index contributed by atoms with van der Waals surface area (Å²) >= 11 is 2.02. The minimum atomic E-state index is -3.47. The summed E-state index contributed by atoms with van der Waals surface area (Å²) in [4.78, 5) is 6.90. The van der Waals surface area contributed by atoms with Crippen LogP contribution in [0.5, 0.6) is 0 Å². The quantitative estimate of drug-likeness (QED) is 0.435. The fraction of sp³-hybridized carbons (Fsp3) is 0.611. The molecule has 0 radical (unpaired) electrons. The van der Waals surface area contributed by atoms with Crippen molar-refractivity contribution >= 4 is 27.7 Å². The first-order chi connectivity index (χ1) is 12.3. The first kappa shape index (κ1) is 21.1. The van der Waals surface area contributed by atoms with Crippen molar-refractivity contribution in [3.8, 4) is 0 Å². The lowest BCUT2D eigenvalue weighted by atomic mass is 10.1. The Morgan fingerprint density at radius 3 is 2.62 bits per heavy atom. The molecule has 1 fully saturated rings. The lowest BCUT2D eigenvalue weighted by Gasteiger charge is -2.36. The zero-order valence-corrected chi connectivity index (χ0v) is 17.7. The molecule has 1 aromatic carbocycles. The Labute approximate surface area is 161 Å². The van der Waals surface area contributed by atoms with Crippen LogP contribution in [0.15, 0.2) is 34.2 Å². The minimum absolute atomic E-state index is 0.292. The molecule has 1 atom stereocenters. The molecule has 1 aliphatic heterocycles. The highest BCUT2D eigenvalue weighted by molar-refractivity contribution is 8.00. The van der Waals surface area contributed by atoms with Crippen molar-refractivity contribution in [1.29, 1.82) is 0 Å². The van der Waals surface area contributed by atoms with Crippen LogP contribution in [-0.2, 0) is 10.0 Å². The number of hydrogen-bond donors (Lipinski definition) is 2. The van der Waals surface area contributed by atoms with E-state index in [1.807, 2.05) is 18.7 Å². The highest BCUT2D eigenvalue weighted by Crippen LogP contribution is 2.24. The Morgan fingerprint density at radius 1 is 1.31 bits per heavy atom. The molecule has 0 bridgehead atoms. The molecule has 26 heavy (non-hydrogen) atoms. The van der Waals surface area contributed by atoms with Crippen LogP contribution in [0.3, 0.4) is 0 Å². The fourth-order valence-electron chi connectivity index (χ4n) is 2.76. The second-order valence-electron chi connectivity index (χ2n) is 6.78. The van der Waals surface area contributed by atoms with Gasteiger partial charge in [-0.3, -0.25) is 4.99 Å². The number of nitrogens with one attached hydrogen (secondary N) is 2. The van der Waals surface area contributed by atoms with E-state index in [1.54, 1.807) is 31.3 Å². The fourth-order valence-corrected chi connectivity index (χ4v) is 5.09. The van der Waals surface area contributed by atoms with E-state index in [0.29, 0.717) is 29.2 Å². The Kier molecular flexibility index (Phi) is 7.79. The predicted molar refractivity (Wildman–Crippen MR) is 110 cm³/mol. The molecule has 2 rings (SSSR count). The second-order valence-corrected chi connectivity index (χ2v) is 9.90. The summed E-state index contributed by atoms with van der Waals surface area (Å²) in [6, 6.07) is 6.85. The Hall–Kier alpha value is -1.25. The number of sulfonamides is 1. The third-order valence-corrected chi connectivity index (χ3v) is 7.40. The van der Waals surface area contributed by atoms with Gasteiger partial charge in [-0.15, -0.1) is 0 Å². The Balaban J connectivity index is 1.83. The van der Waals surface area contributed by atoms with Crippen LogP contribution < -0.4 is 10.0 Å². The van der Waals surface area contributed by atoms with Crippen LogP contribution in [0.2, 0.25) is 0 Å². The van der Waals surface area contributed by atoms with Crippen molar-refractivity contribution < 1.29 is 8.42 Å². The third-order valence-electron chi connectivity index (χ3n) is 4.38. The monoisotopic (exact) mass is 398 g/mol. The van der Waals surface area contributed by atoms with E-state index in [2.05, 4.69) is 33.8 Å². The number of nitrogens with zero attached hydrogens (tertiary/aromatic N) is 2. The van der Waals surface area contributed by atoms with Gasteiger partial charge < -0.3 is 10.2 Å². The minimum Gasteiger partial charge on any atom is -0.355 e. The van der Waals surface area contributed by atoms with E-state index in [-0.39, 0.29) is 0 Å². The summed E-state index contributed by atoms with van der Waals surface area (Å²) in [6.45, 7) is 9.16. The molecule has 1 unspecified atom stereocenters. The van der Waals surface area contributed by atoms with Gasteiger partial charge in [-0.25, -0.2) is 13.1 Å². The van der Waals surface area contributed by atoms with E-state index < -0.39 is 10.0 Å². The SMILES string of the molecule is CN=C(NCCNS(=O)(=O)c1ccc(C)cc1)N1CCSC(C(C)C)C1. The number of aliphatic imine (C=N–C) groups is 1. The maximum Gasteiger partial charge on any atom is 0.240 e. The van der Waals surface area contributed by atoms with Gasteiger partial charge in [0.05, 0.1) is 4.90 Å². The van der Waals surface area contributed by atoms with Gasteiger partial charge in [-0.1, -0.05) is 31.5 Å². The number of rotatable bonds is 6. The Bertz CT molecular complexity index is 702. The van der Waals surface area contributed by atoms with Gasteiger partial charge in [0.2, 0.25) is 10.0 Å². The van der Waals surface area contributed by atoms with Gasteiger partial charge in [0.15, 0.2) is 5.96 Å². The van der Waals surface area contributed by atoms with E-state index in [0.717, 1.165) is 30.4 Å². The summed E-state index contributed by atoms with van der Waals surface area (Å²) in [5.74, 6) is 2.55. The normalized spacial score (nSPS) is 19.0. The van der Waals surface area contributed by atoms with Crippen molar-refractivity contribution in [2.24, 2.45) is 10.9 Å². The maximum absolute atomic E-state index is 12.3. The average molecular weight is 399 g/mol. The lowest BCUT2D eigenvalue weighted by molar-refractivity contribution is 0.381. The maximum atomic E-state index is 12.3. The molecule has 146 valence electrons. The first-order valence-corrected chi connectivity index (χ1v) is 11.5. The van der Waals surface area contributed by atoms with Crippen LogP contribution >= 0.6 is 11.8 Å². The van der Waals surface area contributed by atoms with E-state index >= 15 is 0 Å². The average Bonchev–Trinajstić information content (AvgIpc) is 2.62. The van der Waals surface area contributed by atoms with Crippen LogP contribution in [0.25, 0.3) is 0 Å². The molecule has 1 heterocycles. The molecule has 2 N–H and O–H groups in total. The zero-order chi connectivity index (χ0) is 19.2. The summed E-state index contributed by atoms with van der Waals surface area (Å²) in [5.41, 5.74) is 1.04. The van der Waals surface area contributed by atoms with Gasteiger partial charge in [0.1, 0.15) is 0 Å². The van der Waals surface area contributed by atoms with Gasteiger partial charge in [0.25, 0.3) is 0 Å². The van der Waals surface area contributed by atoms with Crippen molar-refractivity contribution in [2.45, 2.75) is 30.9 Å². The van der Waals surface area contributed by atoms with Gasteiger partial charge >= 0.3 is 0 Å². The summed E-state index contributed by atoms with van der Waals surface area (Å²) in [5, 5.41) is 3.87. The molecule has 1 saturated heterocycles. The van der Waals surface area contributed by atoms with Crippen LogP contribution in [0, 0.1) is 12.8 Å². The predicted octanol–water partition coefficient (Wildman–Crippen LogP) is 1.92. The first-order valence-electron chi connectivity index (χ1n) is 8.97. The lowest BCUT2D eigenvalue weighted by Crippen LogP contribution is -2.50. The molecular formula is C18H30N4O2S2. The van der Waals surface area contributed by atoms with Crippen LogP contribution in [0.4, 0.5) is 0 Å². The van der Waals surface area contributed by atoms with E-state index in [9.17, 15) is 8.42 Å². The number of aryl methyl sites for hydroxylation is 1. The highest BCUT2D eigenvalue weighted by atomic mass is 32.2. The van der Waals surface area contributed by atoms with Crippen molar-refractivity contribution in [3.63, 3.8) is 0 Å². The summed E-state index contributed by atoms with van der Waals surface area (Å²) in [6.07, 6.45) is 0. The van der Waals surface area contributed by atoms with Crippen molar-refractivity contribution in [3.05, 3.63) is 29.8 Å². The van der Waals surface area contributed by atoms with Gasteiger partial charge in [-0.2, -0.15) is 11.8 Å². The van der Waals surface area contributed by atoms with Crippen LogP contribution in [0.1, 0.15) is 19.4 Å². The summed E-state index contributed by atoms with van der Waals surface area (Å²) in [7, 11) is -1.70. The van der Waals surface area contributed by atoms with Crippen LogP contribution in [-0.4, -0.2) is 63.5 Å². The number of guanidine groups is 1. The smallest absolute Gasteiger partial charge is 0.240 e. The summed E-state index contributed by atoms with van der Waals surface area (Å²) < 4.78 is 27.2. The van der Waals surface area contributed by atoms with E-state index in [1.165, 1.54) is 0 Å². The Morgan fingerprint density at radius 2 is 2.00 bits per heavy atom. The molecule has 6 nitrogen and oxygen atoms in total. The molecule has 0 aliphatic carbocycles. The zero-order valence-electron chi connectivity index (χ0n) is 16.0. The molecule has 1 aliphatic rings. The van der Waals surface area contributed by atoms with Crippen molar-refractivity contribution in [1.82, 2.24) is 14.9 Å². The molecule has 0 saturated carbocycles. The molecular weight excluding hydrogens is 368 g/mol. The van der Waals surface area contributed by atoms with Gasteiger partial charge in [0, 0.05) is 44.2 Å². The number of hydrogen-bond acceptors (Lipinski definition) is 4. The molecule has 1 aromatic rings. The number of thioether (sulfide) groups is 1. The largest absolute Gasteiger partial charge is 0.355 e. The molecule has 0 amide bonds. The topological polar surface area (TPSA) is 73.8 Å². The van der Waals surface area contributed by atoms with Gasteiger partial charge in [-0.05, 0) is 25.0 Å². The molecule has 8 heteroatoms. The highest BCUT2D eigenvalue weighted by Gasteiger charge is 2.24. The standard InChI is InChI=1S/C18H30N4O2S2/c1-14(2)17-13-22(11-12-25-17)18(19-4)20-9-10-21-26(23,24)16-7-5-15(3)6-8-16/h5-8,14,17,21H,9-13H2,1-4H3,(H,19,20). The third kappa shape index (κ3) is 5.89. The van der Waals surface area contributed by atoms with E-state index in [4.69, 9.17) is 0 Å². The van der Waals surface area contributed by atoms with Crippen molar-refractivity contribution in [2.75, 3.05) is 39.0 Å². The number of benzene rings is 1.